The highest BCUT2D eigenvalue weighted by atomic mass is 32.2. The molecule has 0 aliphatic heterocycles. The van der Waals surface area contributed by atoms with E-state index >= 15 is 0 Å². The maximum atomic E-state index is 12.1. The Morgan fingerprint density at radius 3 is 2.52 bits per heavy atom. The Balaban J connectivity index is 2.95. The molecule has 0 spiro atoms. The van der Waals surface area contributed by atoms with Crippen LogP contribution in [0.4, 0.5) is 5.69 Å². The topological polar surface area (TPSA) is 75.7 Å². The van der Waals surface area contributed by atoms with Crippen LogP contribution in [0.2, 0.25) is 0 Å². The summed E-state index contributed by atoms with van der Waals surface area (Å²) in [4.78, 5) is 11.9. The molecule has 6 nitrogen and oxygen atoms in total. The van der Waals surface area contributed by atoms with Crippen molar-refractivity contribution in [1.29, 1.82) is 0 Å². The molecule has 1 N–H and O–H groups in total. The Labute approximate surface area is 138 Å². The van der Waals surface area contributed by atoms with Crippen molar-refractivity contribution in [2.24, 2.45) is 5.92 Å². The lowest BCUT2D eigenvalue weighted by Gasteiger charge is -2.24. The third kappa shape index (κ3) is 6.09. The van der Waals surface area contributed by atoms with Gasteiger partial charge in [0.25, 0.3) is 0 Å². The molecule has 23 heavy (non-hydrogen) atoms. The fourth-order valence-corrected chi connectivity index (χ4v) is 2.99. The molecule has 7 heteroatoms. The van der Waals surface area contributed by atoms with Gasteiger partial charge in [0, 0.05) is 19.5 Å². The van der Waals surface area contributed by atoms with Crippen LogP contribution < -0.4 is 14.4 Å². The Kier molecular flexibility index (Phi) is 6.87. The van der Waals surface area contributed by atoms with E-state index in [0.717, 1.165) is 11.8 Å². The SMILES string of the molecule is COc1ccc(C)cc1N(CCC(=O)NCC(C)C)S(C)(=O)=O. The fourth-order valence-electron chi connectivity index (χ4n) is 2.07. The van der Waals surface area contributed by atoms with Crippen molar-refractivity contribution >= 4 is 21.6 Å². The first-order valence-electron chi connectivity index (χ1n) is 7.54. The van der Waals surface area contributed by atoms with Gasteiger partial charge in [-0.1, -0.05) is 19.9 Å². The number of methoxy groups -OCH3 is 1. The third-order valence-corrected chi connectivity index (χ3v) is 4.43. The number of benzene rings is 1. The maximum Gasteiger partial charge on any atom is 0.232 e. The molecule has 0 unspecified atom stereocenters. The number of carbonyl (C=O) groups excluding carboxylic acids is 1. The number of anilines is 1. The normalized spacial score (nSPS) is 11.4. The number of amides is 1. The molecule has 0 aliphatic carbocycles. The van der Waals surface area contributed by atoms with Crippen molar-refractivity contribution in [3.8, 4) is 5.75 Å². The predicted molar refractivity (Wildman–Crippen MR) is 92.4 cm³/mol. The van der Waals surface area contributed by atoms with Gasteiger partial charge in [0.2, 0.25) is 15.9 Å². The molecule has 0 saturated carbocycles. The summed E-state index contributed by atoms with van der Waals surface area (Å²) < 4.78 is 30.7. The van der Waals surface area contributed by atoms with Crippen LogP contribution in [0, 0.1) is 12.8 Å². The number of rotatable bonds is 8. The monoisotopic (exact) mass is 342 g/mol. The van der Waals surface area contributed by atoms with Crippen LogP contribution in [0.3, 0.4) is 0 Å². The molecular formula is C16H26N2O4S. The van der Waals surface area contributed by atoms with Crippen molar-refractivity contribution in [2.75, 3.05) is 30.8 Å². The van der Waals surface area contributed by atoms with Crippen LogP contribution in [0.25, 0.3) is 0 Å². The minimum absolute atomic E-state index is 0.0720. The molecule has 1 aromatic rings. The standard InChI is InChI=1S/C16H26N2O4S/c1-12(2)11-17-16(19)8-9-18(23(5,20)21)14-10-13(3)6-7-15(14)22-4/h6-7,10,12H,8-9,11H2,1-5H3,(H,17,19). The lowest BCUT2D eigenvalue weighted by Crippen LogP contribution is -2.35. The largest absolute Gasteiger partial charge is 0.495 e. The van der Waals surface area contributed by atoms with Gasteiger partial charge in [-0.05, 0) is 30.5 Å². The molecule has 0 aromatic heterocycles. The molecule has 0 radical (unpaired) electrons. The van der Waals surface area contributed by atoms with E-state index in [1.807, 2.05) is 26.8 Å². The molecule has 0 atom stereocenters. The number of ether oxygens (including phenoxy) is 1. The minimum Gasteiger partial charge on any atom is -0.495 e. The molecule has 0 fully saturated rings. The first-order valence-corrected chi connectivity index (χ1v) is 9.39. The summed E-state index contributed by atoms with van der Waals surface area (Å²) >= 11 is 0. The van der Waals surface area contributed by atoms with Gasteiger partial charge in [0.15, 0.2) is 0 Å². The molecule has 0 aliphatic rings. The molecule has 0 heterocycles. The quantitative estimate of drug-likeness (QED) is 0.783. The van der Waals surface area contributed by atoms with Crippen molar-refractivity contribution in [1.82, 2.24) is 5.32 Å². The van der Waals surface area contributed by atoms with Crippen LogP contribution in [-0.2, 0) is 14.8 Å². The van der Waals surface area contributed by atoms with Crippen molar-refractivity contribution in [2.45, 2.75) is 27.2 Å². The zero-order chi connectivity index (χ0) is 17.6. The van der Waals surface area contributed by atoms with E-state index in [9.17, 15) is 13.2 Å². The second kappa shape index (κ2) is 8.19. The van der Waals surface area contributed by atoms with Crippen LogP contribution >= 0.6 is 0 Å². The van der Waals surface area contributed by atoms with Crippen molar-refractivity contribution in [3.63, 3.8) is 0 Å². The summed E-state index contributed by atoms with van der Waals surface area (Å²) in [6, 6.07) is 5.31. The van der Waals surface area contributed by atoms with E-state index in [1.165, 1.54) is 11.4 Å². The number of hydrogen-bond donors (Lipinski definition) is 1. The van der Waals surface area contributed by atoms with E-state index in [4.69, 9.17) is 4.74 Å². The average Bonchev–Trinajstić information content (AvgIpc) is 2.44. The summed E-state index contributed by atoms with van der Waals surface area (Å²) in [7, 11) is -2.03. The first kappa shape index (κ1) is 19.3. The smallest absolute Gasteiger partial charge is 0.232 e. The maximum absolute atomic E-state index is 12.1. The lowest BCUT2D eigenvalue weighted by molar-refractivity contribution is -0.121. The number of aryl methyl sites for hydroxylation is 1. The average molecular weight is 342 g/mol. The zero-order valence-corrected chi connectivity index (χ0v) is 15.2. The highest BCUT2D eigenvalue weighted by Gasteiger charge is 2.22. The number of carbonyl (C=O) groups is 1. The molecule has 1 aromatic carbocycles. The predicted octanol–water partition coefficient (Wildman–Crippen LogP) is 1.93. The summed E-state index contributed by atoms with van der Waals surface area (Å²) in [5.41, 5.74) is 1.37. The third-order valence-electron chi connectivity index (χ3n) is 3.25. The fraction of sp³-hybridized carbons (Fsp3) is 0.562. The molecule has 0 saturated heterocycles. The van der Waals surface area contributed by atoms with Gasteiger partial charge in [-0.15, -0.1) is 0 Å². The Hall–Kier alpha value is -1.76. The van der Waals surface area contributed by atoms with E-state index in [-0.39, 0.29) is 18.9 Å². The molecule has 1 amide bonds. The van der Waals surface area contributed by atoms with Gasteiger partial charge in [-0.2, -0.15) is 0 Å². The molecule has 130 valence electrons. The van der Waals surface area contributed by atoms with Gasteiger partial charge in [-0.3, -0.25) is 9.10 Å². The molecular weight excluding hydrogens is 316 g/mol. The summed E-state index contributed by atoms with van der Waals surface area (Å²) in [6.07, 6.45) is 1.22. The van der Waals surface area contributed by atoms with Crippen molar-refractivity contribution in [3.05, 3.63) is 23.8 Å². The minimum atomic E-state index is -3.52. The van der Waals surface area contributed by atoms with E-state index in [1.54, 1.807) is 12.1 Å². The summed E-state index contributed by atoms with van der Waals surface area (Å²) in [5.74, 6) is 0.643. The number of sulfonamides is 1. The second-order valence-electron chi connectivity index (χ2n) is 5.96. The number of nitrogens with zero attached hydrogens (tertiary/aromatic N) is 1. The summed E-state index contributed by atoms with van der Waals surface area (Å²) in [6.45, 7) is 6.52. The van der Waals surface area contributed by atoms with E-state index in [2.05, 4.69) is 5.32 Å². The summed E-state index contributed by atoms with van der Waals surface area (Å²) in [5, 5.41) is 2.79. The van der Waals surface area contributed by atoms with E-state index < -0.39 is 10.0 Å². The Morgan fingerprint density at radius 2 is 2.00 bits per heavy atom. The van der Waals surface area contributed by atoms with Crippen molar-refractivity contribution < 1.29 is 17.9 Å². The zero-order valence-electron chi connectivity index (χ0n) is 14.4. The lowest BCUT2D eigenvalue weighted by atomic mass is 10.2. The van der Waals surface area contributed by atoms with E-state index in [0.29, 0.717) is 23.9 Å². The highest BCUT2D eigenvalue weighted by Crippen LogP contribution is 2.31. The number of nitrogens with one attached hydrogen (secondary N) is 1. The van der Waals surface area contributed by atoms with Crippen LogP contribution in [0.1, 0.15) is 25.8 Å². The van der Waals surface area contributed by atoms with Crippen LogP contribution in [-0.4, -0.2) is 40.8 Å². The van der Waals surface area contributed by atoms with Gasteiger partial charge < -0.3 is 10.1 Å². The molecule has 0 bridgehead atoms. The first-order chi connectivity index (χ1) is 10.6. The van der Waals surface area contributed by atoms with Crippen LogP contribution in [0.5, 0.6) is 5.75 Å². The Morgan fingerprint density at radius 1 is 1.35 bits per heavy atom. The molecule has 1 rings (SSSR count). The van der Waals surface area contributed by atoms with Crippen LogP contribution in [0.15, 0.2) is 18.2 Å². The highest BCUT2D eigenvalue weighted by molar-refractivity contribution is 7.92. The second-order valence-corrected chi connectivity index (χ2v) is 7.87. The Bertz CT molecular complexity index is 641. The van der Waals surface area contributed by atoms with Gasteiger partial charge >= 0.3 is 0 Å². The van der Waals surface area contributed by atoms with Gasteiger partial charge in [0.05, 0.1) is 19.1 Å². The van der Waals surface area contributed by atoms with Gasteiger partial charge in [0.1, 0.15) is 5.75 Å². The van der Waals surface area contributed by atoms with Gasteiger partial charge in [-0.25, -0.2) is 8.42 Å². The number of hydrogen-bond acceptors (Lipinski definition) is 4.